The van der Waals surface area contributed by atoms with Crippen molar-refractivity contribution in [1.29, 1.82) is 0 Å². The van der Waals surface area contributed by atoms with Crippen LogP contribution in [0, 0.1) is 11.3 Å². The van der Waals surface area contributed by atoms with E-state index in [-0.39, 0.29) is 0 Å². The number of rotatable bonds is 0. The Morgan fingerprint density at radius 3 is 2.92 bits per heavy atom. The molecule has 0 saturated carbocycles. The molecule has 2 heteroatoms. The van der Waals surface area contributed by atoms with Gasteiger partial charge in [0.05, 0.1) is 6.54 Å². The first-order chi connectivity index (χ1) is 6.09. The van der Waals surface area contributed by atoms with Gasteiger partial charge < -0.3 is 5.32 Å². The summed E-state index contributed by atoms with van der Waals surface area (Å²) >= 11 is 0. The average molecular weight is 178 g/mol. The third-order valence-electron chi connectivity index (χ3n) is 2.97. The maximum Gasteiger partial charge on any atom is 0.0580 e. The highest BCUT2D eigenvalue weighted by molar-refractivity contribution is 6.05. The Kier molecular flexibility index (Phi) is 2.03. The Bertz CT molecular complexity index is 268. The van der Waals surface area contributed by atoms with E-state index in [9.17, 15) is 0 Å². The fraction of sp³-hybridized carbons (Fsp3) is 0.727. The molecule has 2 nitrogen and oxygen atoms in total. The summed E-state index contributed by atoms with van der Waals surface area (Å²) in [6.45, 7) is 9.89. The van der Waals surface area contributed by atoms with Crippen LogP contribution in [0.3, 0.4) is 0 Å². The molecule has 2 aliphatic rings. The number of aliphatic imine (C=N–C) groups is 1. The van der Waals surface area contributed by atoms with Crippen LogP contribution >= 0.6 is 0 Å². The first-order valence-electron chi connectivity index (χ1n) is 5.03. The van der Waals surface area contributed by atoms with Crippen molar-refractivity contribution < 1.29 is 0 Å². The molecule has 1 saturated heterocycles. The second-order valence-electron chi connectivity index (χ2n) is 5.00. The molecular formula is C11H18N2. The second kappa shape index (κ2) is 2.95. The predicted molar refractivity (Wildman–Crippen MR) is 56.2 cm³/mol. The van der Waals surface area contributed by atoms with Gasteiger partial charge in [-0.3, -0.25) is 4.99 Å². The van der Waals surface area contributed by atoms with Gasteiger partial charge in [-0.2, -0.15) is 0 Å². The Labute approximate surface area is 80.1 Å². The van der Waals surface area contributed by atoms with Gasteiger partial charge in [0, 0.05) is 24.7 Å². The second-order valence-corrected chi connectivity index (χ2v) is 5.00. The molecule has 1 fully saturated rings. The summed E-state index contributed by atoms with van der Waals surface area (Å²) in [7, 11) is 0. The predicted octanol–water partition coefficient (Wildman–Crippen LogP) is 1.63. The summed E-state index contributed by atoms with van der Waals surface area (Å²) in [6, 6.07) is 0. The van der Waals surface area contributed by atoms with E-state index in [0.29, 0.717) is 11.3 Å². The number of hydrogen-bond donors (Lipinski definition) is 1. The first-order valence-corrected chi connectivity index (χ1v) is 5.03. The van der Waals surface area contributed by atoms with Gasteiger partial charge in [0.1, 0.15) is 0 Å². The van der Waals surface area contributed by atoms with E-state index in [1.54, 1.807) is 0 Å². The van der Waals surface area contributed by atoms with Crippen molar-refractivity contribution in [3.63, 3.8) is 0 Å². The van der Waals surface area contributed by atoms with Crippen LogP contribution in [0.5, 0.6) is 0 Å². The van der Waals surface area contributed by atoms with Crippen LogP contribution in [-0.2, 0) is 0 Å². The molecule has 0 spiro atoms. The van der Waals surface area contributed by atoms with Crippen LogP contribution in [0.15, 0.2) is 16.6 Å². The highest BCUT2D eigenvalue weighted by Gasteiger charge is 2.34. The third-order valence-corrected chi connectivity index (χ3v) is 2.97. The standard InChI is InChI=1S/C11H18N2/c1-11(2,3)9-7-12-6-8-4-5-13-10(8)9/h4,9,12H,5-7H2,1-3H3. The molecule has 2 aliphatic heterocycles. The normalized spacial score (nSPS) is 28.1. The van der Waals surface area contributed by atoms with Crippen molar-refractivity contribution in [3.05, 3.63) is 11.6 Å². The number of nitrogens with zero attached hydrogens (tertiary/aromatic N) is 1. The first kappa shape index (κ1) is 8.95. The summed E-state index contributed by atoms with van der Waals surface area (Å²) < 4.78 is 0. The lowest BCUT2D eigenvalue weighted by Gasteiger charge is -2.35. The van der Waals surface area contributed by atoms with Crippen molar-refractivity contribution >= 4 is 5.71 Å². The van der Waals surface area contributed by atoms with Crippen molar-refractivity contribution in [1.82, 2.24) is 5.32 Å². The van der Waals surface area contributed by atoms with Gasteiger partial charge in [0.2, 0.25) is 0 Å². The number of hydrogen-bond acceptors (Lipinski definition) is 2. The van der Waals surface area contributed by atoms with Crippen LogP contribution < -0.4 is 5.32 Å². The molecule has 2 heterocycles. The van der Waals surface area contributed by atoms with Crippen LogP contribution in [0.1, 0.15) is 20.8 Å². The van der Waals surface area contributed by atoms with E-state index in [1.165, 1.54) is 11.3 Å². The molecule has 13 heavy (non-hydrogen) atoms. The lowest BCUT2D eigenvalue weighted by molar-refractivity contribution is 0.298. The third kappa shape index (κ3) is 1.55. The highest BCUT2D eigenvalue weighted by Crippen LogP contribution is 2.32. The fourth-order valence-electron chi connectivity index (χ4n) is 2.12. The molecule has 0 aromatic heterocycles. The van der Waals surface area contributed by atoms with Gasteiger partial charge in [-0.25, -0.2) is 0 Å². The zero-order valence-electron chi connectivity index (χ0n) is 8.72. The SMILES string of the molecule is CC(C)(C)C1CNCC2=CCN=C21. The molecule has 0 aliphatic carbocycles. The minimum atomic E-state index is 0.329. The highest BCUT2D eigenvalue weighted by atomic mass is 14.9. The lowest BCUT2D eigenvalue weighted by atomic mass is 9.74. The van der Waals surface area contributed by atoms with Crippen LogP contribution in [-0.4, -0.2) is 25.3 Å². The lowest BCUT2D eigenvalue weighted by Crippen LogP contribution is -2.44. The van der Waals surface area contributed by atoms with Gasteiger partial charge in [0.25, 0.3) is 0 Å². The Morgan fingerprint density at radius 1 is 1.46 bits per heavy atom. The Hall–Kier alpha value is -0.630. The largest absolute Gasteiger partial charge is 0.312 e. The quantitative estimate of drug-likeness (QED) is 0.599. The van der Waals surface area contributed by atoms with Crippen LogP contribution in [0.25, 0.3) is 0 Å². The topological polar surface area (TPSA) is 24.4 Å². The maximum atomic E-state index is 4.59. The van der Waals surface area contributed by atoms with Crippen LogP contribution in [0.4, 0.5) is 0 Å². The molecule has 1 unspecified atom stereocenters. The van der Waals surface area contributed by atoms with E-state index in [2.05, 4.69) is 37.2 Å². The molecule has 0 amide bonds. The van der Waals surface area contributed by atoms with E-state index < -0.39 is 0 Å². The van der Waals surface area contributed by atoms with E-state index >= 15 is 0 Å². The number of fused-ring (bicyclic) bond motifs is 1. The van der Waals surface area contributed by atoms with Crippen molar-refractivity contribution in [2.45, 2.75) is 20.8 Å². The molecule has 1 atom stereocenters. The fourth-order valence-corrected chi connectivity index (χ4v) is 2.12. The van der Waals surface area contributed by atoms with Crippen LogP contribution in [0.2, 0.25) is 0 Å². The molecule has 0 aromatic carbocycles. The maximum absolute atomic E-state index is 4.59. The summed E-state index contributed by atoms with van der Waals surface area (Å²) in [5, 5.41) is 3.46. The molecule has 2 rings (SSSR count). The summed E-state index contributed by atoms with van der Waals surface area (Å²) in [5.41, 5.74) is 3.13. The Balaban J connectivity index is 2.25. The smallest absolute Gasteiger partial charge is 0.0580 e. The number of nitrogens with one attached hydrogen (secondary N) is 1. The van der Waals surface area contributed by atoms with Crippen molar-refractivity contribution in [3.8, 4) is 0 Å². The summed E-state index contributed by atoms with van der Waals surface area (Å²) in [6.07, 6.45) is 2.25. The van der Waals surface area contributed by atoms with Gasteiger partial charge >= 0.3 is 0 Å². The average Bonchev–Trinajstić information content (AvgIpc) is 2.48. The number of piperidine rings is 1. The molecular weight excluding hydrogens is 160 g/mol. The monoisotopic (exact) mass is 178 g/mol. The van der Waals surface area contributed by atoms with E-state index in [4.69, 9.17) is 0 Å². The van der Waals surface area contributed by atoms with Gasteiger partial charge in [-0.1, -0.05) is 26.8 Å². The zero-order valence-corrected chi connectivity index (χ0v) is 8.72. The van der Waals surface area contributed by atoms with Crippen molar-refractivity contribution in [2.24, 2.45) is 16.3 Å². The molecule has 0 aromatic rings. The van der Waals surface area contributed by atoms with Gasteiger partial charge in [0.15, 0.2) is 0 Å². The minimum Gasteiger partial charge on any atom is -0.312 e. The van der Waals surface area contributed by atoms with Crippen molar-refractivity contribution in [2.75, 3.05) is 19.6 Å². The zero-order chi connectivity index (χ0) is 9.47. The summed E-state index contributed by atoms with van der Waals surface area (Å²) in [4.78, 5) is 4.59. The van der Waals surface area contributed by atoms with E-state index in [0.717, 1.165) is 19.6 Å². The molecule has 1 N–H and O–H groups in total. The van der Waals surface area contributed by atoms with Gasteiger partial charge in [-0.05, 0) is 11.0 Å². The van der Waals surface area contributed by atoms with E-state index in [1.807, 2.05) is 0 Å². The molecule has 0 bridgehead atoms. The Morgan fingerprint density at radius 2 is 2.23 bits per heavy atom. The molecule has 72 valence electrons. The van der Waals surface area contributed by atoms with Gasteiger partial charge in [-0.15, -0.1) is 0 Å². The molecule has 0 radical (unpaired) electrons. The minimum absolute atomic E-state index is 0.329. The summed E-state index contributed by atoms with van der Waals surface area (Å²) in [5.74, 6) is 0.593.